The molecule has 1 fully saturated rings. The van der Waals surface area contributed by atoms with Gasteiger partial charge in [-0.1, -0.05) is 37.5 Å². The summed E-state index contributed by atoms with van der Waals surface area (Å²) in [6.07, 6.45) is 8.58. The Kier molecular flexibility index (Phi) is 8.12. The predicted octanol–water partition coefficient (Wildman–Crippen LogP) is 7.51. The Hall–Kier alpha value is -4.85. The molecule has 3 heterocycles. The fourth-order valence-electron chi connectivity index (χ4n) is 7.43. The molecule has 4 aromatic rings. The molecule has 3 aromatic carbocycles. The number of ether oxygens (including phenoxy) is 2. The lowest BCUT2D eigenvalue weighted by molar-refractivity contribution is 0.0929. The average molecular weight is 631 g/mol. The smallest absolute Gasteiger partial charge is 0.252 e. The molecular weight excluding hydrogens is 588 g/mol. The number of hydrogen-bond acceptors (Lipinski definition) is 5. The number of amides is 2. The van der Waals surface area contributed by atoms with Crippen LogP contribution in [0.3, 0.4) is 0 Å². The Morgan fingerprint density at radius 1 is 0.957 bits per heavy atom. The van der Waals surface area contributed by atoms with Crippen molar-refractivity contribution in [1.82, 2.24) is 15.2 Å². The van der Waals surface area contributed by atoms with E-state index < -0.39 is 5.54 Å². The quantitative estimate of drug-likeness (QED) is 0.221. The van der Waals surface area contributed by atoms with Crippen LogP contribution in [0.25, 0.3) is 27.7 Å². The molecule has 1 aliphatic carbocycles. The first kappa shape index (κ1) is 30.8. The highest BCUT2D eigenvalue weighted by atomic mass is 16.5. The van der Waals surface area contributed by atoms with Gasteiger partial charge in [-0.05, 0) is 85.7 Å². The molecule has 47 heavy (non-hydrogen) atoms. The van der Waals surface area contributed by atoms with E-state index in [1.165, 1.54) is 48.7 Å². The van der Waals surface area contributed by atoms with Crippen molar-refractivity contribution in [2.75, 3.05) is 20.8 Å². The molecule has 1 aromatic heterocycles. The second kappa shape index (κ2) is 12.4. The SMILES string of the molecule is CNC(=O)c1ccc(C2=CN=C(C(C)(C)NC(=O)c3ccc4c(C5CCCCC5)c5n(c4c3)CCOc3cc(OC)ccc3-5)C2)cc1. The minimum absolute atomic E-state index is 0.115. The van der Waals surface area contributed by atoms with Crippen molar-refractivity contribution in [3.8, 4) is 22.8 Å². The number of methoxy groups -OCH3 is 1. The van der Waals surface area contributed by atoms with Crippen LogP contribution in [0.4, 0.5) is 0 Å². The number of carbonyl (C=O) groups excluding carboxylic acids is 2. The van der Waals surface area contributed by atoms with Crippen molar-refractivity contribution in [1.29, 1.82) is 0 Å². The van der Waals surface area contributed by atoms with Crippen LogP contribution in [0.15, 0.2) is 71.9 Å². The number of benzene rings is 3. The Labute approximate surface area is 275 Å². The van der Waals surface area contributed by atoms with E-state index >= 15 is 0 Å². The van der Waals surface area contributed by atoms with Crippen LogP contribution in [-0.4, -0.2) is 48.4 Å². The third kappa shape index (κ3) is 5.70. The van der Waals surface area contributed by atoms with E-state index in [2.05, 4.69) is 33.4 Å². The first-order valence-electron chi connectivity index (χ1n) is 16.7. The minimum Gasteiger partial charge on any atom is -0.497 e. The van der Waals surface area contributed by atoms with Crippen molar-refractivity contribution in [2.45, 2.75) is 70.4 Å². The molecule has 0 saturated heterocycles. The molecule has 2 amide bonds. The fraction of sp³-hybridized carbons (Fsp3) is 0.359. The van der Waals surface area contributed by atoms with Crippen LogP contribution in [0.2, 0.25) is 0 Å². The van der Waals surface area contributed by atoms with Gasteiger partial charge < -0.3 is 24.7 Å². The molecular formula is C39H42N4O4. The van der Waals surface area contributed by atoms with Gasteiger partial charge >= 0.3 is 0 Å². The normalized spacial score (nSPS) is 16.3. The summed E-state index contributed by atoms with van der Waals surface area (Å²) in [6.45, 7) is 5.23. The van der Waals surface area contributed by atoms with Crippen molar-refractivity contribution in [3.63, 3.8) is 0 Å². The zero-order chi connectivity index (χ0) is 32.7. The zero-order valence-corrected chi connectivity index (χ0v) is 27.6. The molecule has 0 atom stereocenters. The number of nitrogens with zero attached hydrogens (tertiary/aromatic N) is 2. The lowest BCUT2D eigenvalue weighted by Crippen LogP contribution is -2.49. The average Bonchev–Trinajstić information content (AvgIpc) is 3.67. The van der Waals surface area contributed by atoms with E-state index in [1.807, 2.05) is 62.5 Å². The minimum atomic E-state index is -0.665. The van der Waals surface area contributed by atoms with Crippen LogP contribution in [0.1, 0.15) is 90.1 Å². The number of hydrogen-bond donors (Lipinski definition) is 2. The Morgan fingerprint density at radius 2 is 1.72 bits per heavy atom. The van der Waals surface area contributed by atoms with E-state index in [0.29, 0.717) is 36.6 Å². The molecule has 0 radical (unpaired) electrons. The molecule has 0 bridgehead atoms. The summed E-state index contributed by atoms with van der Waals surface area (Å²) in [5.74, 6) is 1.85. The van der Waals surface area contributed by atoms with E-state index in [1.54, 1.807) is 14.2 Å². The number of aliphatic imine (C=N–C) groups is 1. The van der Waals surface area contributed by atoms with Gasteiger partial charge in [0.15, 0.2) is 0 Å². The van der Waals surface area contributed by atoms with E-state index in [9.17, 15) is 9.59 Å². The molecule has 242 valence electrons. The lowest BCUT2D eigenvalue weighted by atomic mass is 9.81. The van der Waals surface area contributed by atoms with Crippen molar-refractivity contribution in [3.05, 3.63) is 89.1 Å². The summed E-state index contributed by atoms with van der Waals surface area (Å²) >= 11 is 0. The standard InChI is InChI=1S/C39H42N4O4/c1-39(2,34-21-28(23-41-34)24-10-12-26(13-11-24)37(44)40-3)42-38(45)27-14-16-30-32(20-27)43-18-19-47-33-22-29(46-4)15-17-31(33)36(43)35(30)25-8-6-5-7-9-25/h10-17,20,22-23,25H,5-9,18-19,21H2,1-4H3,(H,40,44)(H,42,45). The summed E-state index contributed by atoms with van der Waals surface area (Å²) in [5, 5.41) is 7.15. The summed E-state index contributed by atoms with van der Waals surface area (Å²) in [6, 6.07) is 19.8. The van der Waals surface area contributed by atoms with Crippen LogP contribution >= 0.6 is 0 Å². The van der Waals surface area contributed by atoms with Crippen LogP contribution in [0.5, 0.6) is 11.5 Å². The highest BCUT2D eigenvalue weighted by molar-refractivity contribution is 6.08. The Bertz CT molecular complexity index is 1930. The second-order valence-electron chi connectivity index (χ2n) is 13.3. The van der Waals surface area contributed by atoms with Crippen LogP contribution < -0.4 is 20.1 Å². The van der Waals surface area contributed by atoms with E-state index in [0.717, 1.165) is 39.4 Å². The van der Waals surface area contributed by atoms with Gasteiger partial charge in [0.25, 0.3) is 11.8 Å². The molecule has 2 aliphatic heterocycles. The third-order valence-electron chi connectivity index (χ3n) is 10.0. The van der Waals surface area contributed by atoms with Gasteiger partial charge in [-0.15, -0.1) is 0 Å². The van der Waals surface area contributed by atoms with E-state index in [4.69, 9.17) is 14.5 Å². The van der Waals surface area contributed by atoms with Crippen LogP contribution in [-0.2, 0) is 6.54 Å². The van der Waals surface area contributed by atoms with Crippen molar-refractivity contribution < 1.29 is 19.1 Å². The van der Waals surface area contributed by atoms with Gasteiger partial charge in [0.2, 0.25) is 0 Å². The second-order valence-corrected chi connectivity index (χ2v) is 13.3. The number of rotatable bonds is 7. The van der Waals surface area contributed by atoms with E-state index in [-0.39, 0.29) is 11.8 Å². The number of nitrogens with one attached hydrogen (secondary N) is 2. The first-order chi connectivity index (χ1) is 22.8. The maximum Gasteiger partial charge on any atom is 0.252 e. The van der Waals surface area contributed by atoms with Gasteiger partial charge in [0.1, 0.15) is 18.1 Å². The molecule has 3 aliphatic rings. The largest absolute Gasteiger partial charge is 0.497 e. The number of aromatic nitrogens is 1. The van der Waals surface area contributed by atoms with Gasteiger partial charge in [0.05, 0.1) is 24.9 Å². The van der Waals surface area contributed by atoms with Gasteiger partial charge in [-0.25, -0.2) is 0 Å². The maximum absolute atomic E-state index is 13.9. The van der Waals surface area contributed by atoms with Crippen molar-refractivity contribution in [2.24, 2.45) is 4.99 Å². The molecule has 8 heteroatoms. The molecule has 2 N–H and O–H groups in total. The van der Waals surface area contributed by atoms with Crippen LogP contribution in [0, 0.1) is 0 Å². The first-order valence-corrected chi connectivity index (χ1v) is 16.7. The highest BCUT2D eigenvalue weighted by Gasteiger charge is 2.32. The van der Waals surface area contributed by atoms with Gasteiger partial charge in [-0.3, -0.25) is 14.6 Å². The Balaban J connectivity index is 1.17. The summed E-state index contributed by atoms with van der Waals surface area (Å²) < 4.78 is 14.2. The molecule has 8 nitrogen and oxygen atoms in total. The topological polar surface area (TPSA) is 94.0 Å². The number of allylic oxidation sites excluding steroid dienone is 1. The third-order valence-corrected chi connectivity index (χ3v) is 10.0. The summed E-state index contributed by atoms with van der Waals surface area (Å²) in [5.41, 5.74) is 8.27. The molecule has 0 unspecified atom stereocenters. The monoisotopic (exact) mass is 630 g/mol. The number of carbonyl (C=O) groups is 2. The number of fused-ring (bicyclic) bond motifs is 5. The lowest BCUT2D eigenvalue weighted by Gasteiger charge is -2.27. The summed E-state index contributed by atoms with van der Waals surface area (Å²) in [7, 11) is 3.30. The molecule has 7 rings (SSSR count). The van der Waals surface area contributed by atoms with Crippen molar-refractivity contribution >= 4 is 34.0 Å². The fourth-order valence-corrected chi connectivity index (χ4v) is 7.43. The highest BCUT2D eigenvalue weighted by Crippen LogP contribution is 2.47. The van der Waals surface area contributed by atoms with Gasteiger partial charge in [-0.2, -0.15) is 0 Å². The maximum atomic E-state index is 13.9. The van der Waals surface area contributed by atoms with Gasteiger partial charge in [0, 0.05) is 59.0 Å². The summed E-state index contributed by atoms with van der Waals surface area (Å²) in [4.78, 5) is 30.6. The zero-order valence-electron chi connectivity index (χ0n) is 27.6. The Morgan fingerprint density at radius 3 is 2.47 bits per heavy atom. The predicted molar refractivity (Wildman–Crippen MR) is 187 cm³/mol. The molecule has 1 saturated carbocycles. The molecule has 0 spiro atoms.